The lowest BCUT2D eigenvalue weighted by Crippen LogP contribution is -2.14. The molecule has 23 heavy (non-hydrogen) atoms. The quantitative estimate of drug-likeness (QED) is 0.790. The van der Waals surface area contributed by atoms with Crippen LogP contribution in [0.3, 0.4) is 0 Å². The predicted molar refractivity (Wildman–Crippen MR) is 96.8 cm³/mol. The first kappa shape index (κ1) is 17.4. The summed E-state index contributed by atoms with van der Waals surface area (Å²) >= 11 is 3.45. The van der Waals surface area contributed by atoms with E-state index in [2.05, 4.69) is 50.4 Å². The van der Waals surface area contributed by atoms with Crippen LogP contribution >= 0.6 is 15.9 Å². The van der Waals surface area contributed by atoms with Crippen molar-refractivity contribution in [2.24, 2.45) is 5.92 Å². The average Bonchev–Trinajstić information content (AvgIpc) is 2.51. The first-order valence-electron chi connectivity index (χ1n) is 7.59. The van der Waals surface area contributed by atoms with Crippen LogP contribution in [0.2, 0.25) is 0 Å². The van der Waals surface area contributed by atoms with Crippen LogP contribution in [0, 0.1) is 12.8 Å². The van der Waals surface area contributed by atoms with E-state index in [4.69, 9.17) is 0 Å². The Morgan fingerprint density at radius 2 is 1.96 bits per heavy atom. The minimum atomic E-state index is -0.227. The number of halogens is 1. The molecule has 1 aromatic heterocycles. The minimum Gasteiger partial charge on any atom is -0.354 e. The molecule has 0 saturated heterocycles. The fourth-order valence-electron chi connectivity index (χ4n) is 1.88. The fraction of sp³-hybridized carbons (Fsp3) is 0.353. The zero-order valence-corrected chi connectivity index (χ0v) is 15.1. The smallest absolute Gasteiger partial charge is 0.258 e. The van der Waals surface area contributed by atoms with Gasteiger partial charge in [-0.05, 0) is 37.0 Å². The molecular weight excluding hydrogens is 356 g/mol. The van der Waals surface area contributed by atoms with Crippen molar-refractivity contribution in [1.82, 2.24) is 9.97 Å². The Hall–Kier alpha value is -1.95. The number of hydrogen-bond acceptors (Lipinski definition) is 4. The molecule has 5 nitrogen and oxygen atoms in total. The second-order valence-corrected chi connectivity index (χ2v) is 6.68. The van der Waals surface area contributed by atoms with Crippen molar-refractivity contribution < 1.29 is 4.79 Å². The fourth-order valence-corrected chi connectivity index (χ4v) is 2.26. The number of amides is 1. The Morgan fingerprint density at radius 3 is 2.57 bits per heavy atom. The summed E-state index contributed by atoms with van der Waals surface area (Å²) in [6.07, 6.45) is 4.11. The van der Waals surface area contributed by atoms with E-state index < -0.39 is 0 Å². The summed E-state index contributed by atoms with van der Waals surface area (Å²) in [5, 5.41) is 5.98. The van der Waals surface area contributed by atoms with Gasteiger partial charge in [0.1, 0.15) is 0 Å². The second kappa shape index (κ2) is 8.06. The van der Waals surface area contributed by atoms with Crippen LogP contribution in [-0.2, 0) is 0 Å². The lowest BCUT2D eigenvalue weighted by atomic mass is 10.1. The van der Waals surface area contributed by atoms with Gasteiger partial charge in [0.15, 0.2) is 0 Å². The lowest BCUT2D eigenvalue weighted by molar-refractivity contribution is 0.102. The van der Waals surface area contributed by atoms with Gasteiger partial charge in [-0.25, -0.2) is 9.97 Å². The Bertz CT molecular complexity index is 671. The van der Waals surface area contributed by atoms with Gasteiger partial charge in [-0.15, -0.1) is 0 Å². The second-order valence-electron chi connectivity index (χ2n) is 5.82. The molecule has 2 N–H and O–H groups in total. The third-order valence-electron chi connectivity index (χ3n) is 3.35. The van der Waals surface area contributed by atoms with Crippen LogP contribution in [0.15, 0.2) is 35.1 Å². The number of hydrogen-bond donors (Lipinski definition) is 2. The maximum Gasteiger partial charge on any atom is 0.258 e. The topological polar surface area (TPSA) is 66.9 Å². The number of carbonyl (C=O) groups is 1. The van der Waals surface area contributed by atoms with E-state index >= 15 is 0 Å². The van der Waals surface area contributed by atoms with Gasteiger partial charge in [0.05, 0.1) is 5.56 Å². The van der Waals surface area contributed by atoms with E-state index in [0.717, 1.165) is 28.7 Å². The predicted octanol–water partition coefficient (Wildman–Crippen LogP) is 4.26. The maximum absolute atomic E-state index is 12.2. The van der Waals surface area contributed by atoms with Crippen LogP contribution in [0.4, 0.5) is 11.6 Å². The van der Waals surface area contributed by atoms with E-state index in [1.54, 1.807) is 0 Å². The summed E-state index contributed by atoms with van der Waals surface area (Å²) < 4.78 is 0.955. The first-order valence-corrected chi connectivity index (χ1v) is 8.38. The normalized spacial score (nSPS) is 10.7. The minimum absolute atomic E-state index is 0.227. The van der Waals surface area contributed by atoms with Gasteiger partial charge in [0, 0.05) is 29.1 Å². The largest absolute Gasteiger partial charge is 0.354 e. The Kier molecular flexibility index (Phi) is 6.10. The molecule has 0 bridgehead atoms. The molecule has 0 atom stereocenters. The van der Waals surface area contributed by atoms with Gasteiger partial charge in [-0.3, -0.25) is 4.79 Å². The van der Waals surface area contributed by atoms with Crippen molar-refractivity contribution in [2.75, 3.05) is 17.2 Å². The van der Waals surface area contributed by atoms with Gasteiger partial charge < -0.3 is 10.6 Å². The van der Waals surface area contributed by atoms with Gasteiger partial charge in [-0.2, -0.15) is 0 Å². The third-order valence-corrected chi connectivity index (χ3v) is 4.20. The van der Waals surface area contributed by atoms with E-state index in [0.29, 0.717) is 17.4 Å². The van der Waals surface area contributed by atoms with Crippen molar-refractivity contribution in [3.8, 4) is 0 Å². The van der Waals surface area contributed by atoms with Crippen LogP contribution in [0.5, 0.6) is 0 Å². The van der Waals surface area contributed by atoms with Crippen molar-refractivity contribution >= 4 is 33.5 Å². The molecule has 1 heterocycles. The van der Waals surface area contributed by atoms with Gasteiger partial charge in [-0.1, -0.05) is 35.8 Å². The van der Waals surface area contributed by atoms with Crippen LogP contribution in [-0.4, -0.2) is 22.4 Å². The Balaban J connectivity index is 1.95. The highest BCUT2D eigenvalue weighted by Crippen LogP contribution is 2.21. The van der Waals surface area contributed by atoms with Crippen molar-refractivity contribution in [2.45, 2.75) is 27.2 Å². The summed E-state index contributed by atoms with van der Waals surface area (Å²) in [5.74, 6) is 0.941. The molecule has 0 radical (unpaired) electrons. The molecule has 1 amide bonds. The van der Waals surface area contributed by atoms with Gasteiger partial charge >= 0.3 is 0 Å². The summed E-state index contributed by atoms with van der Waals surface area (Å²) in [4.78, 5) is 20.6. The summed E-state index contributed by atoms with van der Waals surface area (Å²) in [6.45, 7) is 7.15. The lowest BCUT2D eigenvalue weighted by Gasteiger charge is -2.08. The molecule has 0 unspecified atom stereocenters. The van der Waals surface area contributed by atoms with Gasteiger partial charge in [0.2, 0.25) is 5.95 Å². The molecular formula is C17H21BrN4O. The highest BCUT2D eigenvalue weighted by Gasteiger charge is 2.08. The van der Waals surface area contributed by atoms with Crippen molar-refractivity contribution in [3.63, 3.8) is 0 Å². The van der Waals surface area contributed by atoms with E-state index in [9.17, 15) is 4.79 Å². The molecule has 0 aliphatic heterocycles. The number of carbonyl (C=O) groups excluding carboxylic acids is 1. The molecule has 2 aromatic rings. The molecule has 6 heteroatoms. The Morgan fingerprint density at radius 1 is 1.26 bits per heavy atom. The monoisotopic (exact) mass is 376 g/mol. The Labute approximate surface area is 145 Å². The van der Waals surface area contributed by atoms with E-state index in [1.165, 1.54) is 12.4 Å². The highest BCUT2D eigenvalue weighted by molar-refractivity contribution is 9.10. The molecule has 0 aliphatic rings. The molecule has 0 aliphatic carbocycles. The number of aryl methyl sites for hydroxylation is 1. The number of benzene rings is 1. The number of nitrogens with zero attached hydrogens (tertiary/aromatic N) is 2. The van der Waals surface area contributed by atoms with E-state index in [1.807, 2.05) is 25.1 Å². The maximum atomic E-state index is 12.2. The number of nitrogens with one attached hydrogen (secondary N) is 2. The SMILES string of the molecule is Cc1ccc(NC(=O)c2cnc(NCCC(C)C)nc2)cc1Br. The highest BCUT2D eigenvalue weighted by atomic mass is 79.9. The molecule has 2 rings (SSSR count). The van der Waals surface area contributed by atoms with E-state index in [-0.39, 0.29) is 5.91 Å². The number of aromatic nitrogens is 2. The average molecular weight is 377 g/mol. The first-order chi connectivity index (χ1) is 11.0. The van der Waals surface area contributed by atoms with Crippen LogP contribution < -0.4 is 10.6 Å². The van der Waals surface area contributed by atoms with Gasteiger partial charge in [0.25, 0.3) is 5.91 Å². The number of anilines is 2. The molecule has 0 saturated carbocycles. The summed E-state index contributed by atoms with van der Waals surface area (Å²) in [6, 6.07) is 5.68. The third kappa shape index (κ3) is 5.32. The zero-order chi connectivity index (χ0) is 16.8. The molecule has 0 fully saturated rings. The molecule has 0 spiro atoms. The van der Waals surface area contributed by atoms with Crippen molar-refractivity contribution in [3.05, 3.63) is 46.2 Å². The standard InChI is InChI=1S/C17H21BrN4O/c1-11(2)6-7-19-17-20-9-13(10-21-17)16(23)22-14-5-4-12(3)15(18)8-14/h4-5,8-11H,6-7H2,1-3H3,(H,22,23)(H,19,20,21). The summed E-state index contributed by atoms with van der Waals surface area (Å²) in [5.41, 5.74) is 2.27. The van der Waals surface area contributed by atoms with Crippen LogP contribution in [0.25, 0.3) is 0 Å². The number of rotatable bonds is 6. The van der Waals surface area contributed by atoms with Crippen LogP contribution in [0.1, 0.15) is 36.2 Å². The summed E-state index contributed by atoms with van der Waals surface area (Å²) in [7, 11) is 0. The zero-order valence-electron chi connectivity index (χ0n) is 13.6. The molecule has 122 valence electrons. The van der Waals surface area contributed by atoms with Crippen molar-refractivity contribution in [1.29, 1.82) is 0 Å². The molecule has 1 aromatic carbocycles.